The fourth-order valence-electron chi connectivity index (χ4n) is 3.76. The molecule has 1 amide bonds. The highest BCUT2D eigenvalue weighted by Gasteiger charge is 2.27. The summed E-state index contributed by atoms with van der Waals surface area (Å²) >= 11 is 0. The van der Waals surface area contributed by atoms with Crippen LogP contribution in [0.5, 0.6) is 17.2 Å². The average molecular weight is 478 g/mol. The number of ether oxygens (including phenoxy) is 3. The van der Waals surface area contributed by atoms with Crippen molar-refractivity contribution in [1.82, 2.24) is 9.62 Å². The predicted octanol–water partition coefficient (Wildman–Crippen LogP) is 1.98. The molecule has 3 rings (SSSR count). The van der Waals surface area contributed by atoms with Crippen LogP contribution in [0.15, 0.2) is 42.5 Å². The monoisotopic (exact) mass is 477 g/mol. The second-order valence-electron chi connectivity index (χ2n) is 7.55. The van der Waals surface area contributed by atoms with Crippen LogP contribution < -0.4 is 24.4 Å². The molecule has 1 heterocycles. The van der Waals surface area contributed by atoms with Crippen molar-refractivity contribution in [3.63, 3.8) is 0 Å². The Morgan fingerprint density at radius 3 is 2.24 bits per heavy atom. The number of nitrogens with zero attached hydrogens (tertiary/aromatic N) is 2. The Morgan fingerprint density at radius 1 is 0.939 bits per heavy atom. The Morgan fingerprint density at radius 2 is 1.64 bits per heavy atom. The highest BCUT2D eigenvalue weighted by molar-refractivity contribution is 7.89. The zero-order chi connectivity index (χ0) is 23.8. The highest BCUT2D eigenvalue weighted by Crippen LogP contribution is 2.30. The van der Waals surface area contributed by atoms with E-state index in [1.807, 2.05) is 24.3 Å². The molecule has 2 aromatic carbocycles. The fraction of sp³-hybridized carbons (Fsp3) is 0.435. The van der Waals surface area contributed by atoms with Crippen LogP contribution in [0.1, 0.15) is 16.8 Å². The van der Waals surface area contributed by atoms with Crippen molar-refractivity contribution < 1.29 is 27.4 Å². The zero-order valence-corrected chi connectivity index (χ0v) is 20.1. The third-order valence-electron chi connectivity index (χ3n) is 5.58. The molecule has 1 aliphatic rings. The van der Waals surface area contributed by atoms with E-state index in [4.69, 9.17) is 14.2 Å². The summed E-state index contributed by atoms with van der Waals surface area (Å²) in [5.41, 5.74) is 1.39. The normalized spacial score (nSPS) is 14.6. The van der Waals surface area contributed by atoms with Gasteiger partial charge in [0.2, 0.25) is 10.0 Å². The van der Waals surface area contributed by atoms with Crippen LogP contribution in [0.3, 0.4) is 0 Å². The van der Waals surface area contributed by atoms with Gasteiger partial charge in [0.05, 0.1) is 32.6 Å². The number of nitrogens with one attached hydrogen (secondary N) is 1. The van der Waals surface area contributed by atoms with Crippen LogP contribution in [0.2, 0.25) is 0 Å². The van der Waals surface area contributed by atoms with Gasteiger partial charge in [-0.3, -0.25) is 4.79 Å². The molecule has 0 atom stereocenters. The summed E-state index contributed by atoms with van der Waals surface area (Å²) < 4.78 is 42.7. The first-order valence-corrected chi connectivity index (χ1v) is 12.4. The van der Waals surface area contributed by atoms with Gasteiger partial charge in [0.15, 0.2) is 11.5 Å². The van der Waals surface area contributed by atoms with Crippen LogP contribution in [-0.4, -0.2) is 78.4 Å². The first kappa shape index (κ1) is 24.7. The van der Waals surface area contributed by atoms with E-state index in [1.165, 1.54) is 18.5 Å². The Labute approximate surface area is 195 Å². The Bertz CT molecular complexity index is 1030. The SMILES string of the molecule is COc1ccc(N2CCN(S(=O)(=O)CCCNC(=O)c3cccc(OC)c3OC)CC2)cc1. The molecule has 2 aromatic rings. The zero-order valence-electron chi connectivity index (χ0n) is 19.2. The van der Waals surface area contributed by atoms with Gasteiger partial charge >= 0.3 is 0 Å². The van der Waals surface area contributed by atoms with Crippen molar-refractivity contribution in [1.29, 1.82) is 0 Å². The summed E-state index contributed by atoms with van der Waals surface area (Å²) in [6, 6.07) is 12.8. The molecule has 10 heteroatoms. The number of para-hydroxylation sites is 1. The Hall–Kier alpha value is -2.98. The molecule has 0 aliphatic carbocycles. The third-order valence-corrected chi connectivity index (χ3v) is 7.54. The summed E-state index contributed by atoms with van der Waals surface area (Å²) in [4.78, 5) is 14.7. The number of hydrogen-bond donors (Lipinski definition) is 1. The number of hydrogen-bond acceptors (Lipinski definition) is 7. The number of anilines is 1. The van der Waals surface area contributed by atoms with Crippen LogP contribution >= 0.6 is 0 Å². The molecule has 0 spiro atoms. The van der Waals surface area contributed by atoms with Gasteiger partial charge in [0.1, 0.15) is 5.75 Å². The lowest BCUT2D eigenvalue weighted by Crippen LogP contribution is -2.49. The van der Waals surface area contributed by atoms with Gasteiger partial charge in [-0.25, -0.2) is 8.42 Å². The molecular formula is C23H31N3O6S. The molecule has 33 heavy (non-hydrogen) atoms. The summed E-state index contributed by atoms with van der Waals surface area (Å²) in [6.07, 6.45) is 0.319. The maximum Gasteiger partial charge on any atom is 0.255 e. The van der Waals surface area contributed by atoms with E-state index in [-0.39, 0.29) is 18.2 Å². The van der Waals surface area contributed by atoms with Crippen LogP contribution in [0.25, 0.3) is 0 Å². The van der Waals surface area contributed by atoms with Gasteiger partial charge in [-0.15, -0.1) is 0 Å². The van der Waals surface area contributed by atoms with E-state index in [2.05, 4.69) is 10.2 Å². The smallest absolute Gasteiger partial charge is 0.255 e. The minimum absolute atomic E-state index is 0.0228. The van der Waals surface area contributed by atoms with Gasteiger partial charge in [-0.1, -0.05) is 6.07 Å². The van der Waals surface area contributed by atoms with Crippen LogP contribution in [-0.2, 0) is 10.0 Å². The minimum Gasteiger partial charge on any atom is -0.497 e. The van der Waals surface area contributed by atoms with Crippen molar-refractivity contribution in [3.05, 3.63) is 48.0 Å². The number of sulfonamides is 1. The van der Waals surface area contributed by atoms with E-state index in [0.717, 1.165) is 11.4 Å². The number of methoxy groups -OCH3 is 3. The van der Waals surface area contributed by atoms with Crippen molar-refractivity contribution in [2.45, 2.75) is 6.42 Å². The molecule has 0 saturated carbocycles. The van der Waals surface area contributed by atoms with Crippen LogP contribution in [0.4, 0.5) is 5.69 Å². The van der Waals surface area contributed by atoms with Crippen LogP contribution in [0, 0.1) is 0 Å². The van der Waals surface area contributed by atoms with E-state index < -0.39 is 10.0 Å². The third kappa shape index (κ3) is 6.08. The average Bonchev–Trinajstić information content (AvgIpc) is 2.86. The molecule has 180 valence electrons. The van der Waals surface area contributed by atoms with Gasteiger partial charge in [-0.05, 0) is 42.8 Å². The van der Waals surface area contributed by atoms with Crippen molar-refractivity contribution in [2.24, 2.45) is 0 Å². The number of carbonyl (C=O) groups excluding carboxylic acids is 1. The molecule has 0 unspecified atom stereocenters. The molecule has 1 N–H and O–H groups in total. The number of carbonyl (C=O) groups is 1. The predicted molar refractivity (Wildman–Crippen MR) is 127 cm³/mol. The number of piperazine rings is 1. The van der Waals surface area contributed by atoms with E-state index >= 15 is 0 Å². The molecular weight excluding hydrogens is 446 g/mol. The van der Waals surface area contributed by atoms with Crippen molar-refractivity contribution >= 4 is 21.6 Å². The van der Waals surface area contributed by atoms with Crippen molar-refractivity contribution in [3.8, 4) is 17.2 Å². The maximum atomic E-state index is 12.8. The largest absolute Gasteiger partial charge is 0.497 e. The topological polar surface area (TPSA) is 97.4 Å². The number of amides is 1. The molecule has 0 aromatic heterocycles. The molecule has 1 fully saturated rings. The summed E-state index contributed by atoms with van der Waals surface area (Å²) in [7, 11) is 1.20. The summed E-state index contributed by atoms with van der Waals surface area (Å²) in [5, 5.41) is 2.76. The second-order valence-corrected chi connectivity index (χ2v) is 9.64. The first-order chi connectivity index (χ1) is 15.9. The maximum absolute atomic E-state index is 12.8. The molecule has 1 aliphatic heterocycles. The summed E-state index contributed by atoms with van der Waals surface area (Å²) in [5.74, 6) is 1.24. The van der Waals surface area contributed by atoms with Gasteiger partial charge in [-0.2, -0.15) is 4.31 Å². The number of rotatable bonds is 10. The first-order valence-electron chi connectivity index (χ1n) is 10.8. The van der Waals surface area contributed by atoms with Gasteiger partial charge in [0.25, 0.3) is 5.91 Å². The van der Waals surface area contributed by atoms with E-state index in [9.17, 15) is 13.2 Å². The lowest BCUT2D eigenvalue weighted by molar-refractivity contribution is 0.0950. The van der Waals surface area contributed by atoms with Gasteiger partial charge in [0, 0.05) is 38.4 Å². The van der Waals surface area contributed by atoms with E-state index in [0.29, 0.717) is 49.7 Å². The highest BCUT2D eigenvalue weighted by atomic mass is 32.2. The second kappa shape index (κ2) is 11.2. The number of benzene rings is 2. The standard InChI is InChI=1S/C23H31N3O6S/c1-30-19-10-8-18(9-11-19)25-13-15-26(16-14-25)33(28,29)17-5-12-24-23(27)20-6-4-7-21(31-2)22(20)32-3/h4,6-11H,5,12-17H2,1-3H3,(H,24,27). The van der Waals surface area contributed by atoms with Crippen molar-refractivity contribution in [2.75, 3.05) is 64.7 Å². The Kier molecular flexibility index (Phi) is 8.40. The molecule has 1 saturated heterocycles. The van der Waals surface area contributed by atoms with Gasteiger partial charge < -0.3 is 24.4 Å². The lowest BCUT2D eigenvalue weighted by Gasteiger charge is -2.35. The molecule has 9 nitrogen and oxygen atoms in total. The lowest BCUT2D eigenvalue weighted by atomic mass is 10.1. The fourth-order valence-corrected chi connectivity index (χ4v) is 5.25. The summed E-state index contributed by atoms with van der Waals surface area (Å²) in [6.45, 7) is 2.35. The Balaban J connectivity index is 1.46. The minimum atomic E-state index is -3.40. The molecule has 0 radical (unpaired) electrons. The molecule has 0 bridgehead atoms. The van der Waals surface area contributed by atoms with E-state index in [1.54, 1.807) is 25.3 Å². The quantitative estimate of drug-likeness (QED) is 0.523.